The van der Waals surface area contributed by atoms with Crippen LogP contribution in [0.1, 0.15) is 52.5 Å². The maximum Gasteiger partial charge on any atom is 0.349 e. The zero-order valence-corrected chi connectivity index (χ0v) is 24.1. The first-order chi connectivity index (χ1) is 20.7. The fourth-order valence-corrected chi connectivity index (χ4v) is 5.71. The Hall–Kier alpha value is -4.48. The largest absolute Gasteiger partial charge is 0.493 e. The van der Waals surface area contributed by atoms with Gasteiger partial charge in [-0.3, -0.25) is 14.4 Å². The van der Waals surface area contributed by atoms with Crippen LogP contribution in [0, 0.1) is 5.92 Å². The zero-order valence-electron chi connectivity index (χ0n) is 24.1. The molecule has 0 fully saturated rings. The van der Waals surface area contributed by atoms with Crippen LogP contribution >= 0.6 is 0 Å². The van der Waals surface area contributed by atoms with Crippen molar-refractivity contribution < 1.29 is 38.5 Å². The van der Waals surface area contributed by atoms with Gasteiger partial charge in [-0.2, -0.15) is 0 Å². The Morgan fingerprint density at radius 1 is 1.19 bits per heavy atom. The van der Waals surface area contributed by atoms with Crippen LogP contribution in [0.25, 0.3) is 11.0 Å². The topological polar surface area (TPSA) is 156 Å². The third-order valence-electron chi connectivity index (χ3n) is 7.85. The highest BCUT2D eigenvalue weighted by Crippen LogP contribution is 2.51. The molecule has 1 aliphatic carbocycles. The number of hydrogen-bond donors (Lipinski definition) is 3. The lowest BCUT2D eigenvalue weighted by Crippen LogP contribution is -2.56. The molecule has 0 spiro atoms. The summed E-state index contributed by atoms with van der Waals surface area (Å²) in [6.45, 7) is 3.80. The molecule has 3 N–H and O–H groups in total. The molecule has 4 atom stereocenters. The van der Waals surface area contributed by atoms with Gasteiger partial charge in [-0.05, 0) is 42.7 Å². The molecular weight excluding hydrogens is 556 g/mol. The summed E-state index contributed by atoms with van der Waals surface area (Å²) in [4.78, 5) is 53.7. The fraction of sp³-hybridized carbons (Fsp3) is 0.375. The minimum absolute atomic E-state index is 0.0275. The van der Waals surface area contributed by atoms with E-state index in [1.54, 1.807) is 30.3 Å². The van der Waals surface area contributed by atoms with Crippen LogP contribution in [0.5, 0.6) is 11.5 Å². The third-order valence-corrected chi connectivity index (χ3v) is 7.85. The molecule has 1 aliphatic heterocycles. The van der Waals surface area contributed by atoms with Gasteiger partial charge in [-0.15, -0.1) is 0 Å². The number of amides is 2. The van der Waals surface area contributed by atoms with Gasteiger partial charge in [0.1, 0.15) is 29.6 Å². The van der Waals surface area contributed by atoms with E-state index in [9.17, 15) is 29.4 Å². The van der Waals surface area contributed by atoms with Crippen LogP contribution in [0.4, 0.5) is 0 Å². The smallest absolute Gasteiger partial charge is 0.349 e. The molecule has 226 valence electrons. The molecule has 3 aromatic rings. The number of nitrogens with one attached hydrogen (secondary N) is 1. The summed E-state index contributed by atoms with van der Waals surface area (Å²) in [5.74, 6) is -1.29. The molecule has 0 bridgehead atoms. The van der Waals surface area contributed by atoms with Crippen LogP contribution in [0.15, 0.2) is 63.3 Å². The maximum absolute atomic E-state index is 14.1. The van der Waals surface area contributed by atoms with Crippen LogP contribution < -0.4 is 20.4 Å². The number of benzene rings is 2. The Kier molecular flexibility index (Phi) is 8.65. The molecule has 11 heteroatoms. The van der Waals surface area contributed by atoms with Gasteiger partial charge in [0.15, 0.2) is 11.5 Å². The SMILES string of the molecule is COc1cc(C=O)cc2c1OC1C2C(C(=O)NCCO)=CC(N(CCC(C)C)C(=O)c2cc3ccccc3oc2=O)C1O. The number of fused-ring (bicyclic) bond motifs is 4. The highest BCUT2D eigenvalue weighted by atomic mass is 16.5. The van der Waals surface area contributed by atoms with Crippen molar-refractivity contribution in [1.29, 1.82) is 0 Å². The van der Waals surface area contributed by atoms with Gasteiger partial charge < -0.3 is 34.3 Å². The van der Waals surface area contributed by atoms with Crippen molar-refractivity contribution in [3.05, 3.63) is 81.2 Å². The van der Waals surface area contributed by atoms with Crippen molar-refractivity contribution in [2.45, 2.75) is 44.4 Å². The highest BCUT2D eigenvalue weighted by molar-refractivity contribution is 5.99. The van der Waals surface area contributed by atoms with Crippen molar-refractivity contribution in [3.8, 4) is 11.5 Å². The average molecular weight is 591 g/mol. The van der Waals surface area contributed by atoms with Crippen LogP contribution in [-0.2, 0) is 4.79 Å². The second kappa shape index (κ2) is 12.4. The molecule has 0 radical (unpaired) electrons. The van der Waals surface area contributed by atoms with Crippen LogP contribution in [0.2, 0.25) is 0 Å². The van der Waals surface area contributed by atoms with E-state index in [0.717, 1.165) is 0 Å². The van der Waals surface area contributed by atoms with Crippen molar-refractivity contribution in [2.75, 3.05) is 26.8 Å². The number of carbonyl (C=O) groups excluding carboxylic acids is 3. The minimum atomic E-state index is -1.33. The number of aldehydes is 1. The van der Waals surface area contributed by atoms with Gasteiger partial charge in [0.05, 0.1) is 25.7 Å². The second-order valence-electron chi connectivity index (χ2n) is 11.1. The van der Waals surface area contributed by atoms with E-state index < -0.39 is 41.6 Å². The Bertz CT molecular complexity index is 1640. The average Bonchev–Trinajstić information content (AvgIpc) is 3.39. The Labute approximate surface area is 247 Å². The predicted octanol–water partition coefficient (Wildman–Crippen LogP) is 2.43. The van der Waals surface area contributed by atoms with E-state index in [0.29, 0.717) is 34.8 Å². The summed E-state index contributed by atoms with van der Waals surface area (Å²) in [5, 5.41) is 24.4. The van der Waals surface area contributed by atoms with Crippen LogP contribution in [0.3, 0.4) is 0 Å². The number of aliphatic hydroxyl groups excluding tert-OH is 2. The van der Waals surface area contributed by atoms with E-state index in [4.69, 9.17) is 13.9 Å². The number of para-hydroxylation sites is 1. The highest BCUT2D eigenvalue weighted by Gasteiger charge is 2.51. The third kappa shape index (κ3) is 5.65. The minimum Gasteiger partial charge on any atom is -0.493 e. The molecule has 4 unspecified atom stereocenters. The lowest BCUT2D eigenvalue weighted by atomic mass is 9.77. The Morgan fingerprint density at radius 2 is 1.95 bits per heavy atom. The lowest BCUT2D eigenvalue weighted by molar-refractivity contribution is -0.118. The molecular formula is C32H34N2O9. The summed E-state index contributed by atoms with van der Waals surface area (Å²) in [5.41, 5.74) is 0.270. The second-order valence-corrected chi connectivity index (χ2v) is 11.1. The van der Waals surface area contributed by atoms with Gasteiger partial charge in [0.2, 0.25) is 5.91 Å². The maximum atomic E-state index is 14.1. The quantitative estimate of drug-likeness (QED) is 0.238. The molecule has 5 rings (SSSR count). The van der Waals surface area contributed by atoms with E-state index in [1.165, 1.54) is 30.2 Å². The Balaban J connectivity index is 1.63. The van der Waals surface area contributed by atoms with Crippen molar-refractivity contribution in [3.63, 3.8) is 0 Å². The standard InChI is InChI=1S/C32H34N2O9/c1-17(2)8-10-34(31(39)22-14-19-6-4-5-7-24(19)42-32(22)40)23-15-21(30(38)33-9-11-35)26-20-12-18(16-36)13-25(41-3)28(20)43-29(26)27(23)37/h4-7,12-17,23,26-27,29,35,37H,8-11H2,1-3H3,(H,33,38). The molecule has 2 heterocycles. The molecule has 43 heavy (non-hydrogen) atoms. The monoisotopic (exact) mass is 590 g/mol. The summed E-state index contributed by atoms with van der Waals surface area (Å²) in [6, 6.07) is 10.3. The van der Waals surface area contributed by atoms with Crippen molar-refractivity contribution in [1.82, 2.24) is 10.2 Å². The van der Waals surface area contributed by atoms with Gasteiger partial charge in [0.25, 0.3) is 5.91 Å². The molecule has 0 saturated carbocycles. The lowest BCUT2D eigenvalue weighted by Gasteiger charge is -2.40. The molecule has 2 amide bonds. The van der Waals surface area contributed by atoms with Gasteiger partial charge >= 0.3 is 5.63 Å². The van der Waals surface area contributed by atoms with Gasteiger partial charge in [-0.25, -0.2) is 4.79 Å². The summed E-state index contributed by atoms with van der Waals surface area (Å²) >= 11 is 0. The zero-order chi connectivity index (χ0) is 30.8. The van der Waals surface area contributed by atoms with Crippen molar-refractivity contribution >= 4 is 29.1 Å². The number of aliphatic hydroxyl groups is 2. The molecule has 2 aliphatic rings. The number of carbonyl (C=O) groups is 3. The van der Waals surface area contributed by atoms with E-state index in [1.807, 2.05) is 13.8 Å². The number of ether oxygens (including phenoxy) is 2. The normalized spacial score (nSPS) is 20.6. The first-order valence-corrected chi connectivity index (χ1v) is 14.1. The molecule has 0 saturated heterocycles. The number of hydrogen-bond acceptors (Lipinski definition) is 9. The fourth-order valence-electron chi connectivity index (χ4n) is 5.71. The molecule has 1 aromatic heterocycles. The molecule has 2 aromatic carbocycles. The Morgan fingerprint density at radius 3 is 2.65 bits per heavy atom. The van der Waals surface area contributed by atoms with E-state index in [2.05, 4.69) is 5.32 Å². The first-order valence-electron chi connectivity index (χ1n) is 14.1. The van der Waals surface area contributed by atoms with Crippen molar-refractivity contribution in [2.24, 2.45) is 5.92 Å². The van der Waals surface area contributed by atoms with Gasteiger partial charge in [-0.1, -0.05) is 32.0 Å². The summed E-state index contributed by atoms with van der Waals surface area (Å²) in [6.07, 6.45) is 0.338. The molecule has 11 nitrogen and oxygen atoms in total. The number of nitrogens with zero attached hydrogens (tertiary/aromatic N) is 1. The number of methoxy groups -OCH3 is 1. The summed E-state index contributed by atoms with van der Waals surface area (Å²) < 4.78 is 17.1. The van der Waals surface area contributed by atoms with Gasteiger partial charge in [0, 0.05) is 35.2 Å². The van der Waals surface area contributed by atoms with E-state index in [-0.39, 0.29) is 48.2 Å². The first kappa shape index (κ1) is 30.0. The number of rotatable bonds is 10. The van der Waals surface area contributed by atoms with Crippen LogP contribution in [-0.4, -0.2) is 78.3 Å². The summed E-state index contributed by atoms with van der Waals surface area (Å²) in [7, 11) is 1.42. The predicted molar refractivity (Wildman–Crippen MR) is 156 cm³/mol. The van der Waals surface area contributed by atoms with E-state index >= 15 is 0 Å².